The fraction of sp³-hybridized carbons (Fsp3) is 0.565. The zero-order valence-electron chi connectivity index (χ0n) is 21.4. The number of ketones is 1. The molecule has 1 amide bonds. The van der Waals surface area contributed by atoms with Crippen LogP contribution >= 0.6 is 11.3 Å². The summed E-state index contributed by atoms with van der Waals surface area (Å²) in [4.78, 5) is 30.3. The van der Waals surface area contributed by atoms with Gasteiger partial charge in [0.25, 0.3) is 16.4 Å². The Kier molecular flexibility index (Phi) is 6.09. The first-order chi connectivity index (χ1) is 17.6. The second-order valence-corrected chi connectivity index (χ2v) is 13.5. The van der Waals surface area contributed by atoms with Crippen LogP contribution in [-0.4, -0.2) is 60.7 Å². The summed E-state index contributed by atoms with van der Waals surface area (Å²) in [5.74, 6) is -0.801. The van der Waals surface area contributed by atoms with Gasteiger partial charge in [-0.05, 0) is 58.6 Å². The van der Waals surface area contributed by atoms with E-state index >= 15 is 0 Å². The molecule has 204 valence electrons. The second-order valence-electron chi connectivity index (χ2n) is 10.8. The molecular formula is C23H26F2N6O5S2. The summed E-state index contributed by atoms with van der Waals surface area (Å²) < 4.78 is 61.8. The summed E-state index contributed by atoms with van der Waals surface area (Å²) in [6.45, 7) is 8.20. The molecular weight excluding hydrogens is 542 g/mol. The molecule has 3 heterocycles. The number of carbonyl (C=O) groups excluding carboxylic acids is 2. The number of aryl methyl sites for hydroxylation is 1. The van der Waals surface area contributed by atoms with Crippen LogP contribution in [0, 0.1) is 0 Å². The number of ether oxygens (including phenoxy) is 1. The van der Waals surface area contributed by atoms with E-state index < -0.39 is 49.6 Å². The summed E-state index contributed by atoms with van der Waals surface area (Å²) in [5.41, 5.74) is -1.08. The number of pyridine rings is 1. The monoisotopic (exact) mass is 568 g/mol. The lowest BCUT2D eigenvalue weighted by molar-refractivity contribution is -0.120. The van der Waals surface area contributed by atoms with Gasteiger partial charge in [-0.25, -0.2) is 18.6 Å². The maximum Gasteiger partial charge on any atom is 0.424 e. The molecule has 1 saturated carbocycles. The molecule has 0 spiro atoms. The Morgan fingerprint density at radius 3 is 2.53 bits per heavy atom. The van der Waals surface area contributed by atoms with E-state index in [0.29, 0.717) is 40.8 Å². The van der Waals surface area contributed by atoms with E-state index in [-0.39, 0.29) is 29.4 Å². The summed E-state index contributed by atoms with van der Waals surface area (Å²) in [7, 11) is -4.58. The highest BCUT2D eigenvalue weighted by Crippen LogP contribution is 2.45. The largest absolute Gasteiger partial charge is 0.443 e. The minimum atomic E-state index is -4.58. The minimum Gasteiger partial charge on any atom is -0.443 e. The molecule has 0 aliphatic heterocycles. The molecule has 0 aromatic carbocycles. The molecule has 0 radical (unpaired) electrons. The molecule has 2 aliphatic carbocycles. The molecule has 3 aromatic rings. The van der Waals surface area contributed by atoms with Crippen LogP contribution < -0.4 is 0 Å². The van der Waals surface area contributed by atoms with Gasteiger partial charge >= 0.3 is 6.09 Å². The third-order valence-electron chi connectivity index (χ3n) is 6.60. The molecule has 5 rings (SSSR count). The summed E-state index contributed by atoms with van der Waals surface area (Å²) >= 11 is 0.598. The molecule has 1 unspecified atom stereocenters. The average molecular weight is 569 g/mol. The summed E-state index contributed by atoms with van der Waals surface area (Å²) in [6.07, 6.45) is -2.58. The first-order valence-electron chi connectivity index (χ1n) is 12.0. The van der Waals surface area contributed by atoms with Crippen LogP contribution in [0.3, 0.4) is 0 Å². The van der Waals surface area contributed by atoms with E-state index in [1.165, 1.54) is 10.7 Å². The van der Waals surface area contributed by atoms with Crippen LogP contribution in [0.25, 0.3) is 16.2 Å². The van der Waals surface area contributed by atoms with Crippen molar-refractivity contribution < 1.29 is 31.5 Å². The molecule has 11 nitrogen and oxygen atoms in total. The van der Waals surface area contributed by atoms with Crippen LogP contribution in [0.15, 0.2) is 11.1 Å². The Hall–Kier alpha value is -3.07. The van der Waals surface area contributed by atoms with Crippen molar-refractivity contribution in [2.24, 2.45) is 0 Å². The van der Waals surface area contributed by atoms with Gasteiger partial charge in [0.05, 0.1) is 11.2 Å². The van der Waals surface area contributed by atoms with Gasteiger partial charge in [-0.1, -0.05) is 18.3 Å². The lowest BCUT2D eigenvalue weighted by Crippen LogP contribution is -2.47. The number of nitrogens with zero attached hydrogens (tertiary/aromatic N) is 6. The Balaban J connectivity index is 1.74. The van der Waals surface area contributed by atoms with Crippen LogP contribution in [0.2, 0.25) is 0 Å². The zero-order chi connectivity index (χ0) is 27.8. The Morgan fingerprint density at radius 1 is 1.26 bits per heavy atom. The van der Waals surface area contributed by atoms with Crippen LogP contribution in [0.4, 0.5) is 13.6 Å². The van der Waals surface area contributed by atoms with Gasteiger partial charge in [0.2, 0.25) is 5.13 Å². The Morgan fingerprint density at radius 2 is 1.95 bits per heavy atom. The van der Waals surface area contributed by atoms with E-state index in [4.69, 9.17) is 4.74 Å². The van der Waals surface area contributed by atoms with Gasteiger partial charge in [-0.3, -0.25) is 4.79 Å². The fourth-order valence-electron chi connectivity index (χ4n) is 4.40. The van der Waals surface area contributed by atoms with Crippen molar-refractivity contribution in [2.45, 2.75) is 88.8 Å². The van der Waals surface area contributed by atoms with Gasteiger partial charge in [0.15, 0.2) is 15.7 Å². The lowest BCUT2D eigenvalue weighted by atomic mass is 9.96. The number of hydrogen-bond acceptors (Lipinski definition) is 10. The first-order valence-corrected chi connectivity index (χ1v) is 14.2. The molecule has 0 saturated heterocycles. The fourth-order valence-corrected chi connectivity index (χ4v) is 6.71. The summed E-state index contributed by atoms with van der Waals surface area (Å²) in [6, 6.07) is 1.30. The topological polar surface area (TPSA) is 137 Å². The number of rotatable bonds is 5. The van der Waals surface area contributed by atoms with Crippen molar-refractivity contribution in [1.29, 1.82) is 0 Å². The highest BCUT2D eigenvalue weighted by Gasteiger charge is 2.54. The lowest BCUT2D eigenvalue weighted by Gasteiger charge is -2.31. The Bertz CT molecular complexity index is 1570. The second kappa shape index (κ2) is 8.73. The Labute approximate surface area is 221 Å². The number of aromatic nitrogens is 5. The van der Waals surface area contributed by atoms with E-state index in [1.807, 2.05) is 0 Å². The van der Waals surface area contributed by atoms with Gasteiger partial charge in [-0.15, -0.1) is 10.2 Å². The molecule has 1 fully saturated rings. The van der Waals surface area contributed by atoms with Crippen LogP contribution in [0.1, 0.15) is 82.5 Å². The third-order valence-corrected chi connectivity index (χ3v) is 9.32. The predicted octanol–water partition coefficient (Wildman–Crippen LogP) is 4.31. The van der Waals surface area contributed by atoms with E-state index in [0.717, 1.165) is 4.31 Å². The van der Waals surface area contributed by atoms with Gasteiger partial charge in [-0.2, -0.15) is 22.5 Å². The van der Waals surface area contributed by atoms with Crippen molar-refractivity contribution in [3.63, 3.8) is 0 Å². The van der Waals surface area contributed by atoms with Gasteiger partial charge < -0.3 is 4.74 Å². The molecule has 0 N–H and O–H groups in total. The van der Waals surface area contributed by atoms with Crippen molar-refractivity contribution >= 4 is 44.3 Å². The third kappa shape index (κ3) is 4.44. The number of hydrogen-bond donors (Lipinski definition) is 0. The smallest absolute Gasteiger partial charge is 0.424 e. The van der Waals surface area contributed by atoms with E-state index in [1.54, 1.807) is 34.6 Å². The molecule has 38 heavy (non-hydrogen) atoms. The van der Waals surface area contributed by atoms with Gasteiger partial charge in [0.1, 0.15) is 11.4 Å². The zero-order valence-corrected chi connectivity index (χ0v) is 23.0. The average Bonchev–Trinajstić information content (AvgIpc) is 3.23. The summed E-state index contributed by atoms with van der Waals surface area (Å²) in [5, 5.41) is 11.2. The van der Waals surface area contributed by atoms with Crippen molar-refractivity contribution in [2.75, 3.05) is 0 Å². The van der Waals surface area contributed by atoms with Crippen LogP contribution in [-0.2, 0) is 26.0 Å². The first kappa shape index (κ1) is 26.5. The number of carbonyl (C=O) groups is 2. The normalized spacial score (nSPS) is 19.1. The molecule has 3 aromatic heterocycles. The maximum atomic E-state index is 14.0. The molecule has 0 bridgehead atoms. The van der Waals surface area contributed by atoms with Crippen molar-refractivity contribution in [1.82, 2.24) is 29.3 Å². The van der Waals surface area contributed by atoms with Crippen LogP contribution in [0.5, 0.6) is 0 Å². The van der Waals surface area contributed by atoms with Gasteiger partial charge in [0, 0.05) is 17.7 Å². The van der Waals surface area contributed by atoms with Crippen molar-refractivity contribution in [3.8, 4) is 5.13 Å². The van der Waals surface area contributed by atoms with E-state index in [9.17, 15) is 26.8 Å². The number of Topliss-reactive ketones (excluding diaryl/α,β-unsaturated/α-hetero) is 1. The standard InChI is InChI=1S/C23H26F2N6O5S2/c1-11-12-10-15(38(34,35)31(23(5)8-9-23)21(33)36-22(2,3)4)26-18-16(12)13(6-7-14(11)32)29-30(18)20-28-27-19(37-20)17(24)25/h10-11,17H,6-9H2,1-5H3. The SMILES string of the molecule is CC1C(=O)CCc2nn(-c3nnc(C(F)F)s3)c3nc(S(=O)(=O)N(C(=O)OC(C)(C)C)C4(C)CC4)cc1c23. The minimum absolute atomic E-state index is 0.0257. The number of amides is 1. The molecule has 2 aliphatic rings. The quantitative estimate of drug-likeness (QED) is 0.441. The molecule has 1 atom stereocenters. The van der Waals surface area contributed by atoms with E-state index in [2.05, 4.69) is 20.3 Å². The number of sulfonamides is 1. The highest BCUT2D eigenvalue weighted by atomic mass is 32.2. The number of halogens is 2. The number of alkyl halides is 2. The molecule has 15 heteroatoms. The highest BCUT2D eigenvalue weighted by molar-refractivity contribution is 7.89. The predicted molar refractivity (Wildman–Crippen MR) is 132 cm³/mol. The van der Waals surface area contributed by atoms with Crippen molar-refractivity contribution in [3.05, 3.63) is 22.3 Å². The maximum absolute atomic E-state index is 14.0.